The molecule has 0 amide bonds. The van der Waals surface area contributed by atoms with Gasteiger partial charge < -0.3 is 14.6 Å². The topological polar surface area (TPSA) is 41.9 Å². The van der Waals surface area contributed by atoms with Gasteiger partial charge in [0, 0.05) is 31.3 Å². The van der Waals surface area contributed by atoms with Crippen molar-refractivity contribution in [3.05, 3.63) is 23.8 Å². The van der Waals surface area contributed by atoms with Gasteiger partial charge in [-0.15, -0.1) is 0 Å². The van der Waals surface area contributed by atoms with E-state index < -0.39 is 0 Å². The van der Waals surface area contributed by atoms with Crippen molar-refractivity contribution in [3.8, 4) is 11.5 Å². The number of hydrogen-bond acceptors (Lipinski definition) is 4. The van der Waals surface area contributed by atoms with Crippen LogP contribution < -0.4 is 4.74 Å². The predicted octanol–water partition coefficient (Wildman–Crippen LogP) is 2.43. The number of hydrogen-bond donors (Lipinski definition) is 1. The number of likely N-dealkylation sites (tertiary alicyclic amines) is 1. The molecule has 0 saturated carbocycles. The molecule has 19 heavy (non-hydrogen) atoms. The Labute approximate surface area is 114 Å². The second-order valence-corrected chi connectivity index (χ2v) is 5.21. The molecule has 1 aliphatic rings. The SMILES string of the molecule is COCC1CCN(C(C)c2ccc(OC)cc2O)C1. The van der Waals surface area contributed by atoms with Gasteiger partial charge in [-0.3, -0.25) is 4.90 Å². The van der Waals surface area contributed by atoms with Crippen molar-refractivity contribution in [1.29, 1.82) is 0 Å². The lowest BCUT2D eigenvalue weighted by Gasteiger charge is -2.25. The van der Waals surface area contributed by atoms with E-state index in [9.17, 15) is 5.11 Å². The van der Waals surface area contributed by atoms with Gasteiger partial charge in [0.1, 0.15) is 11.5 Å². The van der Waals surface area contributed by atoms with E-state index in [1.807, 2.05) is 12.1 Å². The maximum atomic E-state index is 10.1. The Morgan fingerprint density at radius 1 is 1.42 bits per heavy atom. The third-order valence-electron chi connectivity index (χ3n) is 3.96. The molecular formula is C15H23NO3. The van der Waals surface area contributed by atoms with E-state index in [0.717, 1.165) is 31.7 Å². The fraction of sp³-hybridized carbons (Fsp3) is 0.600. The minimum Gasteiger partial charge on any atom is -0.507 e. The summed E-state index contributed by atoms with van der Waals surface area (Å²) in [5.41, 5.74) is 0.957. The summed E-state index contributed by atoms with van der Waals surface area (Å²) < 4.78 is 10.3. The van der Waals surface area contributed by atoms with Crippen molar-refractivity contribution in [2.24, 2.45) is 5.92 Å². The van der Waals surface area contributed by atoms with Crippen LogP contribution in [0.3, 0.4) is 0 Å². The molecule has 1 heterocycles. The highest BCUT2D eigenvalue weighted by Gasteiger charge is 2.27. The summed E-state index contributed by atoms with van der Waals surface area (Å²) in [6.07, 6.45) is 1.16. The quantitative estimate of drug-likeness (QED) is 0.888. The monoisotopic (exact) mass is 265 g/mol. The van der Waals surface area contributed by atoms with Gasteiger partial charge >= 0.3 is 0 Å². The lowest BCUT2D eigenvalue weighted by molar-refractivity contribution is 0.148. The molecular weight excluding hydrogens is 242 g/mol. The molecule has 0 radical (unpaired) electrons. The molecule has 1 N–H and O–H groups in total. The van der Waals surface area contributed by atoms with Crippen molar-refractivity contribution in [1.82, 2.24) is 4.90 Å². The van der Waals surface area contributed by atoms with Crippen LogP contribution in [0.5, 0.6) is 11.5 Å². The van der Waals surface area contributed by atoms with Gasteiger partial charge in [-0.1, -0.05) is 6.07 Å². The molecule has 0 spiro atoms. The van der Waals surface area contributed by atoms with E-state index in [4.69, 9.17) is 9.47 Å². The summed E-state index contributed by atoms with van der Waals surface area (Å²) in [6, 6.07) is 5.73. The zero-order chi connectivity index (χ0) is 13.8. The zero-order valence-electron chi connectivity index (χ0n) is 11.9. The Morgan fingerprint density at radius 3 is 2.84 bits per heavy atom. The molecule has 4 heteroatoms. The molecule has 1 fully saturated rings. The fourth-order valence-electron chi connectivity index (χ4n) is 2.79. The normalized spacial score (nSPS) is 21.5. The van der Waals surface area contributed by atoms with E-state index in [-0.39, 0.29) is 6.04 Å². The van der Waals surface area contributed by atoms with Crippen LogP contribution in [0.25, 0.3) is 0 Å². The number of aromatic hydroxyl groups is 1. The van der Waals surface area contributed by atoms with Crippen molar-refractivity contribution < 1.29 is 14.6 Å². The fourth-order valence-corrected chi connectivity index (χ4v) is 2.79. The van der Waals surface area contributed by atoms with E-state index >= 15 is 0 Å². The molecule has 2 atom stereocenters. The largest absolute Gasteiger partial charge is 0.507 e. The number of ether oxygens (including phenoxy) is 2. The van der Waals surface area contributed by atoms with E-state index in [2.05, 4.69) is 11.8 Å². The third kappa shape index (κ3) is 3.19. The molecule has 0 bridgehead atoms. The smallest absolute Gasteiger partial charge is 0.124 e. The van der Waals surface area contributed by atoms with Gasteiger partial charge in [0.25, 0.3) is 0 Å². The summed E-state index contributed by atoms with van der Waals surface area (Å²) in [4.78, 5) is 2.39. The molecule has 0 aliphatic carbocycles. The second kappa shape index (κ2) is 6.26. The molecule has 1 aromatic rings. The molecule has 1 aromatic carbocycles. The first-order valence-corrected chi connectivity index (χ1v) is 6.75. The molecule has 2 unspecified atom stereocenters. The van der Waals surface area contributed by atoms with Crippen LogP contribution in [0.4, 0.5) is 0 Å². The minimum absolute atomic E-state index is 0.216. The second-order valence-electron chi connectivity index (χ2n) is 5.21. The van der Waals surface area contributed by atoms with Crippen LogP contribution in [-0.4, -0.2) is 43.9 Å². The average Bonchev–Trinajstić information content (AvgIpc) is 2.87. The summed E-state index contributed by atoms with van der Waals surface area (Å²) in [5, 5.41) is 10.1. The number of rotatable bonds is 5. The Kier molecular flexibility index (Phi) is 4.66. The van der Waals surface area contributed by atoms with Crippen LogP contribution in [0.2, 0.25) is 0 Å². The highest BCUT2D eigenvalue weighted by atomic mass is 16.5. The first kappa shape index (κ1) is 14.2. The standard InChI is InChI=1S/C15H23NO3/c1-11(16-7-6-12(9-16)10-18-2)14-5-4-13(19-3)8-15(14)17/h4-5,8,11-12,17H,6-7,9-10H2,1-3H3. The van der Waals surface area contributed by atoms with Gasteiger partial charge in [-0.25, -0.2) is 0 Å². The lowest BCUT2D eigenvalue weighted by atomic mass is 10.1. The summed E-state index contributed by atoms with van der Waals surface area (Å²) in [6.45, 7) is 5.04. The van der Waals surface area contributed by atoms with E-state index in [0.29, 0.717) is 17.4 Å². The number of methoxy groups -OCH3 is 2. The molecule has 2 rings (SSSR count). The summed E-state index contributed by atoms with van der Waals surface area (Å²) in [7, 11) is 3.36. The third-order valence-corrected chi connectivity index (χ3v) is 3.96. The molecule has 1 aliphatic heterocycles. The summed E-state index contributed by atoms with van der Waals surface area (Å²) >= 11 is 0. The van der Waals surface area contributed by atoms with Crippen LogP contribution >= 0.6 is 0 Å². The lowest BCUT2D eigenvalue weighted by Crippen LogP contribution is -2.25. The molecule has 4 nitrogen and oxygen atoms in total. The molecule has 106 valence electrons. The molecule has 0 aromatic heterocycles. The van der Waals surface area contributed by atoms with Crippen molar-refractivity contribution in [3.63, 3.8) is 0 Å². The number of phenolic OH excluding ortho intramolecular Hbond substituents is 1. The first-order valence-electron chi connectivity index (χ1n) is 6.75. The minimum atomic E-state index is 0.216. The maximum Gasteiger partial charge on any atom is 0.124 e. The predicted molar refractivity (Wildman–Crippen MR) is 74.6 cm³/mol. The Hall–Kier alpha value is -1.26. The van der Waals surface area contributed by atoms with Crippen LogP contribution in [0.15, 0.2) is 18.2 Å². The number of phenols is 1. The van der Waals surface area contributed by atoms with Crippen molar-refractivity contribution in [2.75, 3.05) is 33.9 Å². The number of benzene rings is 1. The maximum absolute atomic E-state index is 10.1. The van der Waals surface area contributed by atoms with Crippen LogP contribution in [0, 0.1) is 5.92 Å². The Balaban J connectivity index is 2.06. The van der Waals surface area contributed by atoms with Gasteiger partial charge in [-0.2, -0.15) is 0 Å². The zero-order valence-corrected chi connectivity index (χ0v) is 11.9. The van der Waals surface area contributed by atoms with Crippen LogP contribution in [-0.2, 0) is 4.74 Å². The highest BCUT2D eigenvalue weighted by molar-refractivity contribution is 5.41. The summed E-state index contributed by atoms with van der Waals surface area (Å²) in [5.74, 6) is 1.60. The van der Waals surface area contributed by atoms with Gasteiger partial charge in [-0.05, 0) is 31.9 Å². The van der Waals surface area contributed by atoms with Gasteiger partial charge in [0.05, 0.1) is 13.7 Å². The number of nitrogens with zero attached hydrogens (tertiary/aromatic N) is 1. The van der Waals surface area contributed by atoms with E-state index in [1.165, 1.54) is 0 Å². The Bertz CT molecular complexity index is 422. The van der Waals surface area contributed by atoms with Crippen molar-refractivity contribution in [2.45, 2.75) is 19.4 Å². The first-order chi connectivity index (χ1) is 9.15. The van der Waals surface area contributed by atoms with Gasteiger partial charge in [0.2, 0.25) is 0 Å². The highest BCUT2D eigenvalue weighted by Crippen LogP contribution is 2.34. The van der Waals surface area contributed by atoms with E-state index in [1.54, 1.807) is 20.3 Å². The average molecular weight is 265 g/mol. The van der Waals surface area contributed by atoms with Crippen LogP contribution in [0.1, 0.15) is 24.9 Å². The molecule has 1 saturated heterocycles. The Morgan fingerprint density at radius 2 is 2.21 bits per heavy atom. The van der Waals surface area contributed by atoms with Crippen molar-refractivity contribution >= 4 is 0 Å². The van der Waals surface area contributed by atoms with Gasteiger partial charge in [0.15, 0.2) is 0 Å².